The largest absolute Gasteiger partial charge is 2.00 e. The van der Waals surface area contributed by atoms with Crippen molar-refractivity contribution in [3.05, 3.63) is 29.3 Å². The first-order valence-corrected chi connectivity index (χ1v) is 6.03. The Hall–Kier alpha value is -0.670. The molecule has 0 aliphatic rings. The quantitative estimate of drug-likeness (QED) is 0.480. The van der Waals surface area contributed by atoms with Crippen LogP contribution >= 0.6 is 0 Å². The molecule has 1 aromatic rings. The van der Waals surface area contributed by atoms with Crippen LogP contribution in [-0.2, 0) is 19.6 Å². The van der Waals surface area contributed by atoms with Gasteiger partial charge < -0.3 is 9.47 Å². The number of carbonyl (C=O) groups excluding carboxylic acids is 2. The number of hydrogen-bond donors (Lipinski definition) is 1. The summed E-state index contributed by atoms with van der Waals surface area (Å²) in [6.07, 6.45) is 0. The van der Waals surface area contributed by atoms with Crippen molar-refractivity contribution in [2.75, 3.05) is 14.2 Å². The second-order valence-corrected chi connectivity index (χ2v) is 4.63. The minimum absolute atomic E-state index is 0. The molecule has 0 heterocycles. The van der Waals surface area contributed by atoms with Crippen LogP contribution in [0.2, 0.25) is 0 Å². The van der Waals surface area contributed by atoms with Gasteiger partial charge in [-0.15, -0.1) is 0 Å². The van der Waals surface area contributed by atoms with Gasteiger partial charge in [-0.1, -0.05) is 0 Å². The van der Waals surface area contributed by atoms with Crippen LogP contribution in [0, 0.1) is 0 Å². The van der Waals surface area contributed by atoms with Gasteiger partial charge in [0.05, 0.1) is 30.2 Å². The summed E-state index contributed by atoms with van der Waals surface area (Å²) in [6, 6.07) is 2.90. The van der Waals surface area contributed by atoms with Crippen LogP contribution in [0.15, 0.2) is 23.1 Å². The molecule has 0 spiro atoms. The third-order valence-corrected chi connectivity index (χ3v) is 2.88. The number of benzene rings is 1. The van der Waals surface area contributed by atoms with Gasteiger partial charge >= 0.3 is 49.7 Å². The number of methoxy groups -OCH3 is 2. The van der Waals surface area contributed by atoms with Gasteiger partial charge in [-0.05, 0) is 18.2 Å². The summed E-state index contributed by atoms with van der Waals surface area (Å²) < 4.78 is 39.7. The maximum Gasteiger partial charge on any atom is 2.00 e. The van der Waals surface area contributed by atoms with Crippen LogP contribution in [0.4, 0.5) is 0 Å². The van der Waals surface area contributed by atoms with E-state index in [9.17, 15) is 18.0 Å². The summed E-state index contributed by atoms with van der Waals surface area (Å²) in [7, 11) is -2.35. The summed E-state index contributed by atoms with van der Waals surface area (Å²) in [6.45, 7) is 0. The van der Waals surface area contributed by atoms with Crippen LogP contribution in [0.3, 0.4) is 0 Å². The zero-order chi connectivity index (χ0) is 13.9. The van der Waals surface area contributed by atoms with Crippen molar-refractivity contribution in [3.63, 3.8) is 0 Å². The molecule has 9 heteroatoms. The van der Waals surface area contributed by atoms with E-state index in [0.29, 0.717) is 0 Å². The molecule has 1 N–H and O–H groups in total. The Morgan fingerprint density at radius 3 is 1.63 bits per heavy atom. The smallest absolute Gasteiger partial charge is 0.465 e. The fourth-order valence-electron chi connectivity index (χ4n) is 1.22. The molecule has 0 fully saturated rings. The predicted octanol–water partition coefficient (Wildman–Crippen LogP) is 0.126. The first-order chi connectivity index (χ1) is 8.29. The molecule has 0 radical (unpaired) electrons. The Bertz CT molecular complexity index is 560. The monoisotopic (exact) mass is 314 g/mol. The summed E-state index contributed by atoms with van der Waals surface area (Å²) in [5.74, 6) is -1.68. The minimum Gasteiger partial charge on any atom is -0.465 e. The van der Waals surface area contributed by atoms with Gasteiger partial charge in [-0.3, -0.25) is 4.55 Å². The van der Waals surface area contributed by atoms with Crippen molar-refractivity contribution in [1.29, 1.82) is 0 Å². The summed E-state index contributed by atoms with van der Waals surface area (Å²) >= 11 is 0. The molecule has 0 bridgehead atoms. The molecule has 0 saturated heterocycles. The molecule has 1 aromatic carbocycles. The number of esters is 2. The van der Waals surface area contributed by atoms with E-state index in [4.69, 9.17) is 4.55 Å². The normalized spacial score (nSPS) is 10.3. The minimum atomic E-state index is -4.55. The van der Waals surface area contributed by atoms with Crippen LogP contribution in [0.25, 0.3) is 0 Å². The Kier molecular flexibility index (Phi) is 6.95. The SMILES string of the molecule is COC(=O)c1cc(C(=O)OC)cc(S(=O)(=O)O)c1.[Ca+2]. The van der Waals surface area contributed by atoms with E-state index in [1.165, 1.54) is 0 Å². The van der Waals surface area contributed by atoms with Crippen molar-refractivity contribution in [2.45, 2.75) is 4.90 Å². The zero-order valence-corrected chi connectivity index (χ0v) is 13.3. The van der Waals surface area contributed by atoms with Gasteiger partial charge in [-0.25, -0.2) is 9.59 Å². The maximum atomic E-state index is 11.3. The van der Waals surface area contributed by atoms with Gasteiger partial charge in [0.1, 0.15) is 0 Å². The second-order valence-electron chi connectivity index (χ2n) is 3.20. The van der Waals surface area contributed by atoms with Crippen LogP contribution in [0.5, 0.6) is 0 Å². The van der Waals surface area contributed by atoms with Gasteiger partial charge in [-0.2, -0.15) is 8.42 Å². The van der Waals surface area contributed by atoms with Crippen molar-refractivity contribution < 1.29 is 32.0 Å². The standard InChI is InChI=1S/C10H10O7S.Ca/c1-16-9(11)6-3-7(10(12)17-2)5-8(4-6)18(13,14)15;/h3-5H,1-2H3,(H,13,14,15);/q;+2. The molecule has 0 aromatic heterocycles. The second kappa shape index (κ2) is 7.20. The molecular weight excluding hydrogens is 304 g/mol. The third kappa shape index (κ3) is 4.73. The molecule has 7 nitrogen and oxygen atoms in total. The van der Waals surface area contributed by atoms with Crippen molar-refractivity contribution in [1.82, 2.24) is 0 Å². The number of carbonyl (C=O) groups is 2. The van der Waals surface area contributed by atoms with Crippen LogP contribution in [0.1, 0.15) is 20.7 Å². The maximum absolute atomic E-state index is 11.3. The topological polar surface area (TPSA) is 107 Å². The molecule has 0 aliphatic carbocycles. The zero-order valence-electron chi connectivity index (χ0n) is 10.2. The summed E-state index contributed by atoms with van der Waals surface area (Å²) in [5, 5.41) is 0. The van der Waals surface area contributed by atoms with E-state index in [-0.39, 0.29) is 48.9 Å². The fourth-order valence-corrected chi connectivity index (χ4v) is 1.77. The van der Waals surface area contributed by atoms with Crippen molar-refractivity contribution in [2.24, 2.45) is 0 Å². The predicted molar refractivity (Wildman–Crippen MR) is 64.7 cm³/mol. The molecule has 98 valence electrons. The van der Waals surface area contributed by atoms with E-state index in [2.05, 4.69) is 9.47 Å². The molecule has 0 saturated carbocycles. The molecule has 0 atom stereocenters. The number of hydrogen-bond acceptors (Lipinski definition) is 6. The Labute approximate surface area is 139 Å². The van der Waals surface area contributed by atoms with E-state index in [0.717, 1.165) is 32.4 Å². The average Bonchev–Trinajstić information content (AvgIpc) is 2.35. The molecule has 0 amide bonds. The number of rotatable bonds is 3. The van der Waals surface area contributed by atoms with E-state index in [1.54, 1.807) is 0 Å². The Balaban J connectivity index is 0.00000324. The van der Waals surface area contributed by atoms with Crippen LogP contribution in [-0.4, -0.2) is 76.9 Å². The van der Waals surface area contributed by atoms with Crippen molar-refractivity contribution in [3.8, 4) is 0 Å². The molecular formula is C10H10CaO7S+2. The Morgan fingerprint density at radius 2 is 1.37 bits per heavy atom. The average molecular weight is 314 g/mol. The van der Waals surface area contributed by atoms with E-state index < -0.39 is 27.0 Å². The van der Waals surface area contributed by atoms with Gasteiger partial charge in [0.15, 0.2) is 0 Å². The van der Waals surface area contributed by atoms with E-state index in [1.807, 2.05) is 0 Å². The molecule has 0 unspecified atom stereocenters. The summed E-state index contributed by atoms with van der Waals surface area (Å²) in [5.41, 5.74) is -0.374. The van der Waals surface area contributed by atoms with Gasteiger partial charge in [0.2, 0.25) is 0 Å². The number of ether oxygens (including phenoxy) is 2. The van der Waals surface area contributed by atoms with E-state index >= 15 is 0 Å². The first kappa shape index (κ1) is 18.3. The van der Waals surface area contributed by atoms with Crippen LogP contribution < -0.4 is 0 Å². The molecule has 1 rings (SSSR count). The third-order valence-electron chi connectivity index (χ3n) is 2.05. The Morgan fingerprint density at radius 1 is 1.00 bits per heavy atom. The van der Waals surface area contributed by atoms with Gasteiger partial charge in [0, 0.05) is 0 Å². The summed E-state index contributed by atoms with van der Waals surface area (Å²) in [4.78, 5) is 22.0. The molecule has 0 aliphatic heterocycles. The fraction of sp³-hybridized carbons (Fsp3) is 0.200. The van der Waals surface area contributed by atoms with Gasteiger partial charge in [0.25, 0.3) is 10.1 Å². The molecule has 19 heavy (non-hydrogen) atoms. The van der Waals surface area contributed by atoms with Crippen molar-refractivity contribution >= 4 is 59.8 Å². The first-order valence-electron chi connectivity index (χ1n) is 4.59.